The number of benzene rings is 1. The van der Waals surface area contributed by atoms with E-state index in [1.54, 1.807) is 7.05 Å². The van der Waals surface area contributed by atoms with Gasteiger partial charge >= 0.3 is 0 Å². The number of hydrogen-bond donors (Lipinski definition) is 2. The minimum atomic E-state index is -3.74. The summed E-state index contributed by atoms with van der Waals surface area (Å²) in [5.74, 6) is -0.916. The van der Waals surface area contributed by atoms with Crippen LogP contribution < -0.4 is 11.1 Å². The Kier molecular flexibility index (Phi) is 6.57. The molecule has 3 heterocycles. The molecule has 2 amide bonds. The highest BCUT2D eigenvalue weighted by atomic mass is 32.2. The maximum Gasteiger partial charge on any atom is 0.265 e. The molecule has 1 aromatic carbocycles. The summed E-state index contributed by atoms with van der Waals surface area (Å²) < 4.78 is 30.8. The zero-order valence-electron chi connectivity index (χ0n) is 18.6. The largest absolute Gasteiger partial charge is 0.364 e. The van der Waals surface area contributed by atoms with Gasteiger partial charge in [0, 0.05) is 57.1 Å². The van der Waals surface area contributed by atoms with Crippen molar-refractivity contribution < 1.29 is 18.0 Å². The number of piperidine rings is 1. The van der Waals surface area contributed by atoms with Crippen LogP contribution in [0.3, 0.4) is 0 Å². The number of carbonyl (C=O) groups is 2. The predicted octanol–water partition coefficient (Wildman–Crippen LogP) is 1.69. The van der Waals surface area contributed by atoms with Crippen molar-refractivity contribution in [1.82, 2.24) is 18.8 Å². The number of primary amides is 1. The monoisotopic (exact) mass is 471 g/mol. The zero-order valence-corrected chi connectivity index (χ0v) is 19.4. The predicted molar refractivity (Wildman–Crippen MR) is 125 cm³/mol. The second-order valence-corrected chi connectivity index (χ2v) is 10.4. The Morgan fingerprint density at radius 2 is 1.88 bits per heavy atom. The second kappa shape index (κ2) is 9.40. The van der Waals surface area contributed by atoms with Gasteiger partial charge in [-0.25, -0.2) is 8.42 Å². The summed E-state index contributed by atoms with van der Waals surface area (Å²) in [6.45, 7) is 1.91. The number of para-hydroxylation sites is 1. The average molecular weight is 472 g/mol. The van der Waals surface area contributed by atoms with Crippen LogP contribution in [0, 0.1) is 5.92 Å². The fraction of sp³-hybridized carbons (Fsp3) is 0.391. The molecule has 3 N–H and O–H groups in total. The lowest BCUT2D eigenvalue weighted by atomic mass is 9.97. The van der Waals surface area contributed by atoms with Crippen molar-refractivity contribution in [2.75, 3.05) is 19.6 Å². The molecule has 0 bridgehead atoms. The fourth-order valence-corrected chi connectivity index (χ4v) is 5.91. The number of hydrogen-bond acceptors (Lipinski definition) is 4. The summed E-state index contributed by atoms with van der Waals surface area (Å²) >= 11 is 0. The highest BCUT2D eigenvalue weighted by Crippen LogP contribution is 2.25. The Balaban J connectivity index is 1.25. The number of carbonyl (C=O) groups excluding carboxylic acids is 2. The zero-order chi connectivity index (χ0) is 23.6. The van der Waals surface area contributed by atoms with Crippen LogP contribution in [-0.4, -0.2) is 53.3 Å². The van der Waals surface area contributed by atoms with E-state index in [4.69, 9.17) is 5.73 Å². The molecule has 0 radical (unpaired) electrons. The molecule has 1 aliphatic rings. The van der Waals surface area contributed by atoms with Crippen LogP contribution in [-0.2, 0) is 28.4 Å². The number of nitrogens with zero attached hydrogens (tertiary/aromatic N) is 3. The van der Waals surface area contributed by atoms with Crippen molar-refractivity contribution in [3.63, 3.8) is 0 Å². The van der Waals surface area contributed by atoms with Crippen LogP contribution in [0.15, 0.2) is 53.7 Å². The summed E-state index contributed by atoms with van der Waals surface area (Å²) in [6.07, 6.45) is 5.18. The first-order valence-electron chi connectivity index (χ1n) is 11.1. The minimum absolute atomic E-state index is 0.0277. The third-order valence-corrected chi connectivity index (χ3v) is 8.11. The fourth-order valence-electron chi connectivity index (χ4n) is 4.37. The van der Waals surface area contributed by atoms with Gasteiger partial charge in [0.05, 0.1) is 0 Å². The lowest BCUT2D eigenvalue weighted by Crippen LogP contribution is -2.43. The van der Waals surface area contributed by atoms with Crippen molar-refractivity contribution in [1.29, 1.82) is 0 Å². The van der Waals surface area contributed by atoms with Gasteiger partial charge < -0.3 is 20.2 Å². The van der Waals surface area contributed by atoms with Crippen LogP contribution >= 0.6 is 0 Å². The van der Waals surface area contributed by atoms with Crippen LogP contribution in [0.1, 0.15) is 29.8 Å². The maximum absolute atomic E-state index is 12.9. The molecule has 0 atom stereocenters. The van der Waals surface area contributed by atoms with Gasteiger partial charge in [0.2, 0.25) is 15.9 Å². The molecule has 33 heavy (non-hydrogen) atoms. The number of sulfonamides is 1. The molecule has 10 heteroatoms. The smallest absolute Gasteiger partial charge is 0.265 e. The summed E-state index contributed by atoms with van der Waals surface area (Å²) in [7, 11) is -2.16. The average Bonchev–Trinajstić information content (AvgIpc) is 3.41. The number of fused-ring (bicyclic) bond motifs is 1. The Labute approximate surface area is 193 Å². The molecule has 3 aromatic rings. The van der Waals surface area contributed by atoms with E-state index < -0.39 is 15.9 Å². The van der Waals surface area contributed by atoms with Gasteiger partial charge in [-0.1, -0.05) is 18.2 Å². The Bertz CT molecular complexity index is 1270. The molecule has 1 aliphatic heterocycles. The van der Waals surface area contributed by atoms with Crippen molar-refractivity contribution in [3.8, 4) is 0 Å². The number of aryl methyl sites for hydroxylation is 2. The highest BCUT2D eigenvalue weighted by Gasteiger charge is 2.33. The molecule has 0 spiro atoms. The van der Waals surface area contributed by atoms with E-state index in [9.17, 15) is 18.0 Å². The molecule has 4 rings (SSSR count). The van der Waals surface area contributed by atoms with E-state index in [1.165, 1.54) is 32.0 Å². The first-order valence-corrected chi connectivity index (χ1v) is 12.5. The topological polar surface area (TPSA) is 119 Å². The van der Waals surface area contributed by atoms with E-state index in [0.717, 1.165) is 13.0 Å². The number of amides is 2. The maximum atomic E-state index is 12.9. The Morgan fingerprint density at radius 1 is 1.15 bits per heavy atom. The van der Waals surface area contributed by atoms with E-state index in [0.29, 0.717) is 19.4 Å². The molecule has 1 saturated heterocycles. The second-order valence-electron chi connectivity index (χ2n) is 8.43. The first kappa shape index (κ1) is 23.1. The molecular weight excluding hydrogens is 442 g/mol. The van der Waals surface area contributed by atoms with E-state index in [1.807, 2.05) is 12.1 Å². The summed E-state index contributed by atoms with van der Waals surface area (Å²) in [6, 6.07) is 11.6. The number of nitrogens with one attached hydrogen (secondary N) is 1. The van der Waals surface area contributed by atoms with Crippen molar-refractivity contribution >= 4 is 32.7 Å². The standard InChI is InChI=1S/C23H29N5O4S/c1-26-16-19(15-21(26)22(24)29)33(31,32)28-13-8-18(9-14-28)23(30)25-10-4-11-27-12-7-17-5-2-3-6-20(17)27/h2-3,5-7,12,15-16,18H,4,8-11,13-14H2,1H3,(H2,24,29)(H,25,30). The van der Waals surface area contributed by atoms with Gasteiger partial charge in [-0.2, -0.15) is 4.31 Å². The molecule has 0 aliphatic carbocycles. The third kappa shape index (κ3) is 4.81. The Morgan fingerprint density at radius 3 is 2.58 bits per heavy atom. The SMILES string of the molecule is Cn1cc(S(=O)(=O)N2CCC(C(=O)NCCCn3ccc4ccccc43)CC2)cc1C(N)=O. The van der Waals surface area contributed by atoms with Crippen LogP contribution in [0.2, 0.25) is 0 Å². The van der Waals surface area contributed by atoms with Crippen LogP contribution in [0.5, 0.6) is 0 Å². The summed E-state index contributed by atoms with van der Waals surface area (Å²) in [4.78, 5) is 24.1. The Hall–Kier alpha value is -3.11. The van der Waals surface area contributed by atoms with Crippen LogP contribution in [0.25, 0.3) is 10.9 Å². The van der Waals surface area contributed by atoms with Crippen molar-refractivity contribution in [2.45, 2.75) is 30.7 Å². The van der Waals surface area contributed by atoms with E-state index in [-0.39, 0.29) is 35.5 Å². The van der Waals surface area contributed by atoms with Crippen LogP contribution in [0.4, 0.5) is 0 Å². The molecule has 176 valence electrons. The summed E-state index contributed by atoms with van der Waals surface area (Å²) in [5, 5.41) is 4.20. The number of aromatic nitrogens is 2. The molecule has 9 nitrogen and oxygen atoms in total. The quantitative estimate of drug-likeness (QED) is 0.486. The number of nitrogens with two attached hydrogens (primary N) is 1. The van der Waals surface area contributed by atoms with Crippen molar-refractivity contribution in [2.24, 2.45) is 18.7 Å². The normalized spacial score (nSPS) is 15.7. The van der Waals surface area contributed by atoms with Gasteiger partial charge in [0.25, 0.3) is 5.91 Å². The first-order chi connectivity index (χ1) is 15.8. The number of rotatable bonds is 8. The van der Waals surface area contributed by atoms with Gasteiger partial charge in [-0.15, -0.1) is 0 Å². The molecular formula is C23H29N5O4S. The molecule has 1 fully saturated rings. The van der Waals surface area contributed by atoms with E-state index in [2.05, 4.69) is 34.3 Å². The van der Waals surface area contributed by atoms with E-state index >= 15 is 0 Å². The third-order valence-electron chi connectivity index (χ3n) is 6.25. The molecule has 0 saturated carbocycles. The molecule has 0 unspecified atom stereocenters. The lowest BCUT2D eigenvalue weighted by Gasteiger charge is -2.30. The van der Waals surface area contributed by atoms with Gasteiger partial charge in [-0.05, 0) is 42.8 Å². The molecule has 2 aromatic heterocycles. The lowest BCUT2D eigenvalue weighted by molar-refractivity contribution is -0.126. The van der Waals surface area contributed by atoms with Gasteiger partial charge in [0.1, 0.15) is 10.6 Å². The van der Waals surface area contributed by atoms with Gasteiger partial charge in [0.15, 0.2) is 0 Å². The van der Waals surface area contributed by atoms with Crippen molar-refractivity contribution in [3.05, 3.63) is 54.5 Å². The highest BCUT2D eigenvalue weighted by molar-refractivity contribution is 7.89. The summed E-state index contributed by atoms with van der Waals surface area (Å²) in [5.41, 5.74) is 6.60. The minimum Gasteiger partial charge on any atom is -0.364 e. The van der Waals surface area contributed by atoms with Gasteiger partial charge in [-0.3, -0.25) is 9.59 Å².